The van der Waals surface area contributed by atoms with Crippen molar-refractivity contribution in [1.82, 2.24) is 9.78 Å². The Balaban J connectivity index is 2.26. The lowest BCUT2D eigenvalue weighted by molar-refractivity contribution is 0.102. The van der Waals surface area contributed by atoms with E-state index in [0.29, 0.717) is 17.0 Å². The van der Waals surface area contributed by atoms with Crippen molar-refractivity contribution < 1.29 is 9.53 Å². The normalized spacial score (nSPS) is 10.4. The predicted octanol–water partition coefficient (Wildman–Crippen LogP) is 2.78. The van der Waals surface area contributed by atoms with E-state index in [4.69, 9.17) is 4.74 Å². The minimum absolute atomic E-state index is 0.145. The van der Waals surface area contributed by atoms with E-state index in [9.17, 15) is 4.79 Å². The molecule has 0 unspecified atom stereocenters. The van der Waals surface area contributed by atoms with Crippen molar-refractivity contribution in [2.75, 3.05) is 12.4 Å². The van der Waals surface area contributed by atoms with E-state index in [1.807, 2.05) is 43.7 Å². The number of nitrogens with zero attached hydrogens (tertiary/aromatic N) is 2. The molecule has 5 nitrogen and oxygen atoms in total. The molecule has 0 radical (unpaired) electrons. The Bertz CT molecular complexity index is 632. The molecule has 2 rings (SSSR count). The van der Waals surface area contributed by atoms with Crippen molar-refractivity contribution >= 4 is 11.6 Å². The van der Waals surface area contributed by atoms with Gasteiger partial charge in [-0.1, -0.05) is 6.07 Å². The second-order valence-corrected chi connectivity index (χ2v) is 4.55. The van der Waals surface area contributed by atoms with Gasteiger partial charge < -0.3 is 10.1 Å². The summed E-state index contributed by atoms with van der Waals surface area (Å²) in [5.74, 6) is 0.563. The Kier molecular flexibility index (Phi) is 4.08. The maximum absolute atomic E-state index is 12.4. The van der Waals surface area contributed by atoms with Crippen LogP contribution in [0, 0.1) is 13.8 Å². The van der Waals surface area contributed by atoms with Gasteiger partial charge in [-0.2, -0.15) is 5.10 Å². The highest BCUT2D eigenvalue weighted by Gasteiger charge is 2.18. The Morgan fingerprint density at radius 1 is 1.40 bits per heavy atom. The number of amides is 1. The summed E-state index contributed by atoms with van der Waals surface area (Å²) in [6, 6.07) is 7.28. The standard InChI is InChI=1S/C15H19N3O2/c1-5-18-11(3)14(10(2)17-18)15(19)16-12-7-6-8-13(9-12)20-4/h6-9H,5H2,1-4H3,(H,16,19). The molecule has 0 aliphatic carbocycles. The average Bonchev–Trinajstić information content (AvgIpc) is 2.73. The molecule has 5 heteroatoms. The summed E-state index contributed by atoms with van der Waals surface area (Å²) >= 11 is 0. The zero-order valence-electron chi connectivity index (χ0n) is 12.2. The summed E-state index contributed by atoms with van der Waals surface area (Å²) in [5.41, 5.74) is 2.96. The Morgan fingerprint density at radius 3 is 2.75 bits per heavy atom. The van der Waals surface area contributed by atoms with Crippen molar-refractivity contribution in [3.8, 4) is 5.75 Å². The van der Waals surface area contributed by atoms with E-state index in [1.54, 1.807) is 13.2 Å². The highest BCUT2D eigenvalue weighted by molar-refractivity contribution is 6.05. The first kappa shape index (κ1) is 14.1. The minimum atomic E-state index is -0.145. The van der Waals surface area contributed by atoms with Crippen molar-refractivity contribution in [3.05, 3.63) is 41.2 Å². The monoisotopic (exact) mass is 273 g/mol. The number of anilines is 1. The SMILES string of the molecule is CCn1nc(C)c(C(=O)Nc2cccc(OC)c2)c1C. The van der Waals surface area contributed by atoms with Crippen LogP contribution in [0.2, 0.25) is 0 Å². The summed E-state index contributed by atoms with van der Waals surface area (Å²) in [6.45, 7) is 6.51. The van der Waals surface area contributed by atoms with Crippen LogP contribution >= 0.6 is 0 Å². The molecular weight excluding hydrogens is 254 g/mol. The molecule has 0 saturated carbocycles. The molecule has 1 amide bonds. The molecular formula is C15H19N3O2. The third-order valence-corrected chi connectivity index (χ3v) is 3.24. The number of nitrogens with one attached hydrogen (secondary N) is 1. The Labute approximate surface area is 118 Å². The van der Waals surface area contributed by atoms with Gasteiger partial charge in [0.2, 0.25) is 0 Å². The molecule has 2 aromatic rings. The lowest BCUT2D eigenvalue weighted by atomic mass is 10.1. The number of hydrogen-bond acceptors (Lipinski definition) is 3. The smallest absolute Gasteiger partial charge is 0.259 e. The van der Waals surface area contributed by atoms with Crippen LogP contribution in [0.1, 0.15) is 28.7 Å². The number of aromatic nitrogens is 2. The van der Waals surface area contributed by atoms with E-state index in [0.717, 1.165) is 17.9 Å². The van der Waals surface area contributed by atoms with Gasteiger partial charge in [0, 0.05) is 24.0 Å². The van der Waals surface area contributed by atoms with Crippen molar-refractivity contribution in [2.45, 2.75) is 27.3 Å². The van der Waals surface area contributed by atoms with Gasteiger partial charge in [-0.3, -0.25) is 9.48 Å². The van der Waals surface area contributed by atoms with Crippen LogP contribution in [-0.2, 0) is 6.54 Å². The van der Waals surface area contributed by atoms with Crippen LogP contribution in [0.25, 0.3) is 0 Å². The maximum atomic E-state index is 12.4. The zero-order chi connectivity index (χ0) is 14.7. The summed E-state index contributed by atoms with van der Waals surface area (Å²) in [4.78, 5) is 12.4. The molecule has 0 aliphatic heterocycles. The summed E-state index contributed by atoms with van der Waals surface area (Å²) < 4.78 is 6.97. The molecule has 1 aromatic heterocycles. The molecule has 0 fully saturated rings. The fraction of sp³-hybridized carbons (Fsp3) is 0.333. The van der Waals surface area contributed by atoms with E-state index in [1.165, 1.54) is 0 Å². The largest absolute Gasteiger partial charge is 0.497 e. The van der Waals surface area contributed by atoms with Crippen LogP contribution in [0.5, 0.6) is 5.75 Å². The lowest BCUT2D eigenvalue weighted by Crippen LogP contribution is -2.14. The molecule has 1 aromatic carbocycles. The van der Waals surface area contributed by atoms with Gasteiger partial charge in [0.1, 0.15) is 5.75 Å². The first-order valence-electron chi connectivity index (χ1n) is 6.56. The second kappa shape index (κ2) is 5.77. The van der Waals surface area contributed by atoms with E-state index < -0.39 is 0 Å². The number of carbonyl (C=O) groups excluding carboxylic acids is 1. The summed E-state index contributed by atoms with van der Waals surface area (Å²) in [5, 5.41) is 7.24. The van der Waals surface area contributed by atoms with Gasteiger partial charge in [-0.25, -0.2) is 0 Å². The molecule has 0 aliphatic rings. The highest BCUT2D eigenvalue weighted by Crippen LogP contribution is 2.19. The van der Waals surface area contributed by atoms with Crippen LogP contribution in [0.15, 0.2) is 24.3 Å². The number of hydrogen-bond donors (Lipinski definition) is 1. The van der Waals surface area contributed by atoms with Gasteiger partial charge in [0.15, 0.2) is 0 Å². The van der Waals surface area contributed by atoms with E-state index >= 15 is 0 Å². The summed E-state index contributed by atoms with van der Waals surface area (Å²) in [7, 11) is 1.60. The number of aryl methyl sites for hydroxylation is 2. The van der Waals surface area contributed by atoms with Crippen LogP contribution in [0.3, 0.4) is 0 Å². The van der Waals surface area contributed by atoms with Crippen LogP contribution in [0.4, 0.5) is 5.69 Å². The molecule has 0 bridgehead atoms. The van der Waals surface area contributed by atoms with Crippen LogP contribution < -0.4 is 10.1 Å². The van der Waals surface area contributed by atoms with Crippen molar-refractivity contribution in [3.63, 3.8) is 0 Å². The molecule has 0 atom stereocenters. The Morgan fingerprint density at radius 2 is 2.15 bits per heavy atom. The van der Waals surface area contributed by atoms with Gasteiger partial charge in [-0.15, -0.1) is 0 Å². The van der Waals surface area contributed by atoms with Gasteiger partial charge in [0.25, 0.3) is 5.91 Å². The number of ether oxygens (including phenoxy) is 1. The fourth-order valence-electron chi connectivity index (χ4n) is 2.23. The number of carbonyl (C=O) groups is 1. The van der Waals surface area contributed by atoms with E-state index in [-0.39, 0.29) is 5.91 Å². The molecule has 20 heavy (non-hydrogen) atoms. The summed E-state index contributed by atoms with van der Waals surface area (Å²) in [6.07, 6.45) is 0. The first-order valence-corrected chi connectivity index (χ1v) is 6.56. The first-order chi connectivity index (χ1) is 9.56. The van der Waals surface area contributed by atoms with E-state index in [2.05, 4.69) is 10.4 Å². The van der Waals surface area contributed by atoms with Crippen molar-refractivity contribution in [1.29, 1.82) is 0 Å². The minimum Gasteiger partial charge on any atom is -0.497 e. The average molecular weight is 273 g/mol. The third-order valence-electron chi connectivity index (χ3n) is 3.24. The molecule has 1 N–H and O–H groups in total. The maximum Gasteiger partial charge on any atom is 0.259 e. The third kappa shape index (κ3) is 2.66. The topological polar surface area (TPSA) is 56.2 Å². The van der Waals surface area contributed by atoms with Gasteiger partial charge in [-0.05, 0) is 32.9 Å². The molecule has 106 valence electrons. The second-order valence-electron chi connectivity index (χ2n) is 4.55. The zero-order valence-corrected chi connectivity index (χ0v) is 12.2. The number of methoxy groups -OCH3 is 1. The number of rotatable bonds is 4. The molecule has 0 saturated heterocycles. The lowest BCUT2D eigenvalue weighted by Gasteiger charge is -2.07. The Hall–Kier alpha value is -2.30. The predicted molar refractivity (Wildman–Crippen MR) is 78.3 cm³/mol. The fourth-order valence-corrected chi connectivity index (χ4v) is 2.23. The number of benzene rings is 1. The molecule has 1 heterocycles. The van der Waals surface area contributed by atoms with Crippen molar-refractivity contribution in [2.24, 2.45) is 0 Å². The quantitative estimate of drug-likeness (QED) is 0.932. The van der Waals surface area contributed by atoms with Gasteiger partial charge in [0.05, 0.1) is 18.4 Å². The van der Waals surface area contributed by atoms with Crippen LogP contribution in [-0.4, -0.2) is 22.8 Å². The molecule has 0 spiro atoms. The van der Waals surface area contributed by atoms with Gasteiger partial charge >= 0.3 is 0 Å². The highest BCUT2D eigenvalue weighted by atomic mass is 16.5.